The Morgan fingerprint density at radius 2 is 0.842 bits per heavy atom. The number of nitrogens with zero attached hydrogens (tertiary/aromatic N) is 3. The van der Waals surface area contributed by atoms with Crippen LogP contribution in [0.2, 0.25) is 0 Å². The minimum absolute atomic E-state index is 0.00757. The molecule has 0 atom stereocenters. The Morgan fingerprint density at radius 1 is 0.382 bits per heavy atom. The molecule has 0 radical (unpaired) electrons. The van der Waals surface area contributed by atoms with E-state index in [0.29, 0.717) is 0 Å². The van der Waals surface area contributed by atoms with Crippen LogP contribution in [-0.2, 0) is 16.2 Å². The maximum atomic E-state index is 2.60. The maximum absolute atomic E-state index is 2.60. The molecule has 76 heavy (non-hydrogen) atoms. The van der Waals surface area contributed by atoms with Crippen LogP contribution in [-0.4, -0.2) is 6.71 Å². The molecule has 0 N–H and O–H groups in total. The van der Waals surface area contributed by atoms with E-state index >= 15 is 0 Å². The van der Waals surface area contributed by atoms with Crippen LogP contribution in [0.1, 0.15) is 83.2 Å². The molecular formula is C72H64BN3. The van der Waals surface area contributed by atoms with Crippen LogP contribution in [0.25, 0.3) is 33.4 Å². The lowest BCUT2D eigenvalue weighted by Crippen LogP contribution is -2.61. The summed E-state index contributed by atoms with van der Waals surface area (Å²) in [6.45, 7) is 20.9. The molecular weight excluding hydrogens is 918 g/mol. The first-order valence-corrected chi connectivity index (χ1v) is 27.1. The molecule has 0 saturated heterocycles. The summed E-state index contributed by atoms with van der Waals surface area (Å²) in [6.07, 6.45) is 0. The molecule has 0 unspecified atom stereocenters. The van der Waals surface area contributed by atoms with Crippen molar-refractivity contribution in [3.8, 4) is 33.4 Å². The average molecular weight is 982 g/mol. The van der Waals surface area contributed by atoms with E-state index in [9.17, 15) is 0 Å². The van der Waals surface area contributed by atoms with Crippen molar-refractivity contribution in [2.75, 3.05) is 14.7 Å². The molecule has 0 spiro atoms. The molecule has 3 nitrogen and oxygen atoms in total. The van der Waals surface area contributed by atoms with Crippen LogP contribution in [0, 0.1) is 6.92 Å². The first-order valence-electron chi connectivity index (χ1n) is 27.1. The maximum Gasteiger partial charge on any atom is 0.252 e. The van der Waals surface area contributed by atoms with E-state index in [1.54, 1.807) is 0 Å². The Bertz CT molecular complexity index is 3780. The SMILES string of the molecule is Cc1cc2c3c(c1)N(c1ccc4c(c1)C(C)(C)c1ccccc1-4)c1cc(C(C)(C)C)ccc1B3c1ccc(N(c3ccc(-c4ccccc4)cc3)c3ccc(-c4ccccc4)cc3)cc1N2c1ccc(C(C)(C)C)cc1. The van der Waals surface area contributed by atoms with Crippen LogP contribution in [0.5, 0.6) is 0 Å². The molecule has 4 heteroatoms. The van der Waals surface area contributed by atoms with Gasteiger partial charge in [-0.05, 0) is 174 Å². The summed E-state index contributed by atoms with van der Waals surface area (Å²) < 4.78 is 0. The van der Waals surface area contributed by atoms with Crippen LogP contribution in [0.15, 0.2) is 224 Å². The highest BCUT2D eigenvalue weighted by Crippen LogP contribution is 2.52. The molecule has 0 saturated carbocycles. The second-order valence-electron chi connectivity index (χ2n) is 23.9. The van der Waals surface area contributed by atoms with Gasteiger partial charge in [-0.1, -0.05) is 201 Å². The molecule has 13 rings (SSSR count). The molecule has 370 valence electrons. The smallest absolute Gasteiger partial charge is 0.252 e. The van der Waals surface area contributed by atoms with Gasteiger partial charge in [-0.3, -0.25) is 0 Å². The van der Waals surface area contributed by atoms with Gasteiger partial charge in [-0.2, -0.15) is 0 Å². The molecule has 0 amide bonds. The summed E-state index contributed by atoms with van der Waals surface area (Å²) in [7, 11) is 0. The van der Waals surface area contributed by atoms with Crippen molar-refractivity contribution < 1.29 is 0 Å². The summed E-state index contributed by atoms with van der Waals surface area (Å²) >= 11 is 0. The standard InChI is InChI=1S/C72H64BN3/c1-47-42-67-69-68(43-47)76(57-37-39-60-59-22-16-17-23-61(59)72(8,9)62(60)45-57)65-44-53(71(5,6)7)30-40-63(65)73(69)64-41-38-58(46-66(64)75(67)56-35-28-52(29-36-56)70(2,3)4)74(54-31-24-50(25-32-54)48-18-12-10-13-19-48)55-33-26-51(27-34-55)49-20-14-11-15-21-49/h10-46H,1-9H3. The van der Waals surface area contributed by atoms with Gasteiger partial charge in [0.05, 0.1) is 0 Å². The second-order valence-corrected chi connectivity index (χ2v) is 23.9. The highest BCUT2D eigenvalue weighted by molar-refractivity contribution is 7.00. The fourth-order valence-corrected chi connectivity index (χ4v) is 12.5. The largest absolute Gasteiger partial charge is 0.311 e. The van der Waals surface area contributed by atoms with E-state index in [1.165, 1.54) is 106 Å². The van der Waals surface area contributed by atoms with Gasteiger partial charge in [0.2, 0.25) is 0 Å². The summed E-state index contributed by atoms with van der Waals surface area (Å²) in [5.74, 6) is 0. The lowest BCUT2D eigenvalue weighted by molar-refractivity contribution is 0.590. The van der Waals surface area contributed by atoms with Gasteiger partial charge < -0.3 is 14.7 Å². The van der Waals surface area contributed by atoms with E-state index in [-0.39, 0.29) is 23.0 Å². The van der Waals surface area contributed by atoms with E-state index in [2.05, 4.69) is 301 Å². The molecule has 0 fully saturated rings. The van der Waals surface area contributed by atoms with Gasteiger partial charge in [-0.15, -0.1) is 0 Å². The highest BCUT2D eigenvalue weighted by atomic mass is 15.2. The molecule has 10 aromatic carbocycles. The summed E-state index contributed by atoms with van der Waals surface area (Å²) in [5.41, 5.74) is 28.3. The number of hydrogen-bond acceptors (Lipinski definition) is 3. The minimum Gasteiger partial charge on any atom is -0.311 e. The third-order valence-electron chi connectivity index (χ3n) is 16.6. The zero-order valence-electron chi connectivity index (χ0n) is 45.3. The van der Waals surface area contributed by atoms with Crippen molar-refractivity contribution in [1.29, 1.82) is 0 Å². The van der Waals surface area contributed by atoms with Gasteiger partial charge in [0.15, 0.2) is 0 Å². The first kappa shape index (κ1) is 47.4. The number of aryl methyl sites for hydroxylation is 1. The first-order chi connectivity index (χ1) is 36.6. The number of fused-ring (bicyclic) bond motifs is 7. The zero-order chi connectivity index (χ0) is 52.3. The Hall–Kier alpha value is -8.34. The van der Waals surface area contributed by atoms with E-state index < -0.39 is 0 Å². The second kappa shape index (κ2) is 17.6. The lowest BCUT2D eigenvalue weighted by atomic mass is 9.33. The van der Waals surface area contributed by atoms with Crippen molar-refractivity contribution in [3.05, 3.63) is 252 Å². The number of hydrogen-bond donors (Lipinski definition) is 0. The Balaban J connectivity index is 1.04. The Kier molecular flexibility index (Phi) is 11.0. The van der Waals surface area contributed by atoms with Crippen LogP contribution < -0.4 is 31.1 Å². The molecule has 0 bridgehead atoms. The monoisotopic (exact) mass is 982 g/mol. The average Bonchev–Trinajstić information content (AvgIpc) is 3.73. The van der Waals surface area contributed by atoms with Gasteiger partial charge in [0.25, 0.3) is 6.71 Å². The van der Waals surface area contributed by atoms with Crippen LogP contribution >= 0.6 is 0 Å². The van der Waals surface area contributed by atoms with Gasteiger partial charge in [0.1, 0.15) is 0 Å². The third kappa shape index (κ3) is 7.80. The topological polar surface area (TPSA) is 9.72 Å². The predicted molar refractivity (Wildman–Crippen MR) is 326 cm³/mol. The van der Waals surface area contributed by atoms with Crippen molar-refractivity contribution in [3.63, 3.8) is 0 Å². The molecule has 2 heterocycles. The van der Waals surface area contributed by atoms with Gasteiger partial charge >= 0.3 is 0 Å². The molecule has 1 aliphatic carbocycles. The summed E-state index contributed by atoms with van der Waals surface area (Å²) in [4.78, 5) is 7.60. The Labute approximate surface area is 450 Å². The van der Waals surface area contributed by atoms with Crippen LogP contribution in [0.4, 0.5) is 51.2 Å². The van der Waals surface area contributed by atoms with Gasteiger partial charge in [0, 0.05) is 56.6 Å². The van der Waals surface area contributed by atoms with E-state index in [0.717, 1.165) is 22.7 Å². The highest BCUT2D eigenvalue weighted by Gasteiger charge is 2.45. The van der Waals surface area contributed by atoms with E-state index in [1.807, 2.05) is 0 Å². The molecule has 2 aliphatic heterocycles. The third-order valence-corrected chi connectivity index (χ3v) is 16.6. The fraction of sp³-hybridized carbons (Fsp3) is 0.167. The summed E-state index contributed by atoms with van der Waals surface area (Å²) in [5, 5.41) is 0. The van der Waals surface area contributed by atoms with Gasteiger partial charge in [-0.25, -0.2) is 0 Å². The fourth-order valence-electron chi connectivity index (χ4n) is 12.5. The quantitative estimate of drug-likeness (QED) is 0.147. The van der Waals surface area contributed by atoms with E-state index in [4.69, 9.17) is 0 Å². The molecule has 10 aromatic rings. The number of benzene rings is 10. The van der Waals surface area contributed by atoms with Crippen molar-refractivity contribution in [1.82, 2.24) is 0 Å². The Morgan fingerprint density at radius 3 is 1.42 bits per heavy atom. The van der Waals surface area contributed by atoms with Crippen molar-refractivity contribution in [2.24, 2.45) is 0 Å². The molecule has 3 aliphatic rings. The zero-order valence-corrected chi connectivity index (χ0v) is 45.3. The minimum atomic E-state index is -0.142. The van der Waals surface area contributed by atoms with Crippen molar-refractivity contribution >= 4 is 74.3 Å². The van der Waals surface area contributed by atoms with Crippen molar-refractivity contribution in [2.45, 2.75) is 78.6 Å². The normalized spacial score (nSPS) is 13.9. The summed E-state index contributed by atoms with van der Waals surface area (Å²) in [6, 6.07) is 84.6. The number of rotatable bonds is 7. The molecule has 0 aromatic heterocycles. The van der Waals surface area contributed by atoms with Crippen LogP contribution in [0.3, 0.4) is 0 Å². The lowest BCUT2D eigenvalue weighted by Gasteiger charge is -2.45. The predicted octanol–water partition coefficient (Wildman–Crippen LogP) is 17.8. The number of anilines is 9.